The molecule has 0 spiro atoms. The molecule has 1 N–H and O–H groups in total. The Morgan fingerprint density at radius 1 is 1.00 bits per heavy atom. The van der Waals surface area contributed by atoms with E-state index in [0.717, 1.165) is 39.2 Å². The molecule has 146 valence electrons. The molecule has 0 saturated carbocycles. The van der Waals surface area contributed by atoms with Crippen molar-refractivity contribution >= 4 is 28.1 Å². The molecule has 30 heavy (non-hydrogen) atoms. The van der Waals surface area contributed by atoms with E-state index in [1.54, 1.807) is 6.20 Å². The minimum atomic E-state index is -0.0990. The first-order valence-electron chi connectivity index (χ1n) is 9.71. The van der Waals surface area contributed by atoms with Gasteiger partial charge in [0.25, 0.3) is 0 Å². The highest BCUT2D eigenvalue weighted by molar-refractivity contribution is 5.89. The van der Waals surface area contributed by atoms with E-state index in [0.29, 0.717) is 6.42 Å². The zero-order valence-electron chi connectivity index (χ0n) is 16.4. The lowest BCUT2D eigenvalue weighted by Gasteiger charge is -2.07. The van der Waals surface area contributed by atoms with Crippen LogP contribution in [0.5, 0.6) is 0 Å². The first kappa shape index (κ1) is 18.0. The van der Waals surface area contributed by atoms with Crippen LogP contribution < -0.4 is 5.32 Å². The monoisotopic (exact) mass is 393 g/mol. The van der Waals surface area contributed by atoms with Crippen molar-refractivity contribution in [2.45, 2.75) is 13.3 Å². The molecule has 3 heterocycles. The number of hydrogen-bond donors (Lipinski definition) is 1. The van der Waals surface area contributed by atoms with Crippen LogP contribution in [0.3, 0.4) is 0 Å². The number of carbonyl (C=O) groups is 1. The predicted octanol–water partition coefficient (Wildman–Crippen LogP) is 4.49. The number of carbonyl (C=O) groups excluding carboxylic acids is 1. The van der Waals surface area contributed by atoms with Crippen LogP contribution in [0.2, 0.25) is 0 Å². The summed E-state index contributed by atoms with van der Waals surface area (Å²) < 4.78 is 1.88. The van der Waals surface area contributed by atoms with Gasteiger partial charge in [-0.2, -0.15) is 5.10 Å². The summed E-state index contributed by atoms with van der Waals surface area (Å²) in [5.41, 5.74) is 6.46. The number of anilines is 1. The van der Waals surface area contributed by atoms with Crippen LogP contribution in [0.25, 0.3) is 27.8 Å². The smallest absolute Gasteiger partial charge is 0.221 e. The van der Waals surface area contributed by atoms with Crippen molar-refractivity contribution in [3.63, 3.8) is 0 Å². The largest absolute Gasteiger partial charge is 0.326 e. The summed E-state index contributed by atoms with van der Waals surface area (Å²) in [7, 11) is 0. The summed E-state index contributed by atoms with van der Waals surface area (Å²) >= 11 is 0. The first-order valence-corrected chi connectivity index (χ1v) is 9.71. The first-order chi connectivity index (χ1) is 14.7. The molecule has 0 fully saturated rings. The average Bonchev–Trinajstić information content (AvgIpc) is 3.15. The van der Waals surface area contributed by atoms with Crippen LogP contribution in [0.15, 0.2) is 79.1 Å². The molecule has 6 heteroatoms. The maximum absolute atomic E-state index is 11.4. The van der Waals surface area contributed by atoms with Crippen molar-refractivity contribution in [2.75, 3.05) is 5.32 Å². The minimum absolute atomic E-state index is 0.0990. The van der Waals surface area contributed by atoms with Crippen molar-refractivity contribution in [3.8, 4) is 11.3 Å². The van der Waals surface area contributed by atoms with Gasteiger partial charge in [0.1, 0.15) is 0 Å². The quantitative estimate of drug-likeness (QED) is 0.488. The molecule has 0 radical (unpaired) electrons. The Balaban J connectivity index is 1.50. The van der Waals surface area contributed by atoms with Gasteiger partial charge in [-0.1, -0.05) is 24.3 Å². The molecule has 3 aromatic heterocycles. The molecule has 2 aromatic carbocycles. The summed E-state index contributed by atoms with van der Waals surface area (Å²) in [6.07, 6.45) is 4.39. The predicted molar refractivity (Wildman–Crippen MR) is 117 cm³/mol. The fraction of sp³-hybridized carbons (Fsp3) is 0.0833. The summed E-state index contributed by atoms with van der Waals surface area (Å²) in [6.45, 7) is 1.50. The Labute approximate surface area is 173 Å². The van der Waals surface area contributed by atoms with E-state index in [1.165, 1.54) is 12.5 Å². The molecular formula is C24H19N5O. The van der Waals surface area contributed by atoms with Gasteiger partial charge in [0.2, 0.25) is 5.91 Å². The lowest BCUT2D eigenvalue weighted by molar-refractivity contribution is -0.114. The van der Waals surface area contributed by atoms with Gasteiger partial charge in [0.15, 0.2) is 5.65 Å². The van der Waals surface area contributed by atoms with Crippen molar-refractivity contribution in [1.29, 1.82) is 0 Å². The van der Waals surface area contributed by atoms with E-state index in [4.69, 9.17) is 5.10 Å². The standard InChI is InChI=1S/C24H19N5O/c1-16(30)27-20-6-2-4-19(14-20)23-9-10-24-26-15-21(29(24)28-23)13-17-7-8-22-18(12-17)5-3-11-25-22/h2-12,14-15H,13H2,1H3,(H,27,30). The van der Waals surface area contributed by atoms with Gasteiger partial charge in [-0.15, -0.1) is 0 Å². The van der Waals surface area contributed by atoms with E-state index in [1.807, 2.05) is 59.2 Å². The van der Waals surface area contributed by atoms with Crippen LogP contribution in [0, 0.1) is 0 Å². The molecule has 0 aliphatic carbocycles. The normalized spacial score (nSPS) is 11.1. The summed E-state index contributed by atoms with van der Waals surface area (Å²) in [5.74, 6) is -0.0990. The Hall–Kier alpha value is -4.06. The Bertz CT molecular complexity index is 1390. The maximum Gasteiger partial charge on any atom is 0.221 e. The highest BCUT2D eigenvalue weighted by Gasteiger charge is 2.09. The van der Waals surface area contributed by atoms with Gasteiger partial charge in [0, 0.05) is 36.2 Å². The van der Waals surface area contributed by atoms with Crippen molar-refractivity contribution in [3.05, 3.63) is 90.4 Å². The highest BCUT2D eigenvalue weighted by atomic mass is 16.1. The number of amides is 1. The topological polar surface area (TPSA) is 72.2 Å². The van der Waals surface area contributed by atoms with Crippen LogP contribution >= 0.6 is 0 Å². The van der Waals surface area contributed by atoms with Gasteiger partial charge >= 0.3 is 0 Å². The fourth-order valence-corrected chi connectivity index (χ4v) is 3.60. The summed E-state index contributed by atoms with van der Waals surface area (Å²) in [6, 6.07) is 21.9. The number of imidazole rings is 1. The highest BCUT2D eigenvalue weighted by Crippen LogP contribution is 2.22. The van der Waals surface area contributed by atoms with E-state index in [9.17, 15) is 4.79 Å². The summed E-state index contributed by atoms with van der Waals surface area (Å²) in [4.78, 5) is 20.2. The Morgan fingerprint density at radius 2 is 1.93 bits per heavy atom. The minimum Gasteiger partial charge on any atom is -0.326 e. The molecule has 6 nitrogen and oxygen atoms in total. The molecule has 0 unspecified atom stereocenters. The third-order valence-electron chi connectivity index (χ3n) is 4.96. The number of aromatic nitrogens is 4. The van der Waals surface area contributed by atoms with Crippen molar-refractivity contribution in [1.82, 2.24) is 19.6 Å². The Morgan fingerprint density at radius 3 is 2.83 bits per heavy atom. The molecule has 0 aliphatic rings. The molecular weight excluding hydrogens is 374 g/mol. The van der Waals surface area contributed by atoms with Crippen LogP contribution in [-0.4, -0.2) is 25.5 Å². The molecule has 0 saturated heterocycles. The molecule has 5 rings (SSSR count). The molecule has 5 aromatic rings. The van der Waals surface area contributed by atoms with E-state index < -0.39 is 0 Å². The summed E-state index contributed by atoms with van der Waals surface area (Å²) in [5, 5.41) is 8.75. The zero-order chi connectivity index (χ0) is 20.5. The van der Waals surface area contributed by atoms with Gasteiger partial charge in [0.05, 0.1) is 23.1 Å². The van der Waals surface area contributed by atoms with E-state index in [2.05, 4.69) is 33.5 Å². The van der Waals surface area contributed by atoms with Gasteiger partial charge in [-0.25, -0.2) is 9.50 Å². The van der Waals surface area contributed by atoms with Crippen molar-refractivity contribution < 1.29 is 4.79 Å². The van der Waals surface area contributed by atoms with Gasteiger partial charge in [-0.3, -0.25) is 9.78 Å². The van der Waals surface area contributed by atoms with Gasteiger partial charge < -0.3 is 5.32 Å². The maximum atomic E-state index is 11.4. The van der Waals surface area contributed by atoms with Crippen molar-refractivity contribution in [2.24, 2.45) is 0 Å². The van der Waals surface area contributed by atoms with E-state index in [-0.39, 0.29) is 5.91 Å². The second kappa shape index (κ2) is 7.40. The lowest BCUT2D eigenvalue weighted by atomic mass is 10.1. The number of rotatable bonds is 4. The zero-order valence-corrected chi connectivity index (χ0v) is 16.4. The number of fused-ring (bicyclic) bond motifs is 2. The fourth-order valence-electron chi connectivity index (χ4n) is 3.60. The van der Waals surface area contributed by atoms with Gasteiger partial charge in [-0.05, 0) is 48.0 Å². The average molecular weight is 393 g/mol. The third kappa shape index (κ3) is 3.51. The third-order valence-corrected chi connectivity index (χ3v) is 4.96. The number of hydrogen-bond acceptors (Lipinski definition) is 4. The lowest BCUT2D eigenvalue weighted by Crippen LogP contribution is -2.05. The number of nitrogens with one attached hydrogen (secondary N) is 1. The van der Waals surface area contributed by atoms with Crippen LogP contribution in [0.4, 0.5) is 5.69 Å². The van der Waals surface area contributed by atoms with Crippen LogP contribution in [-0.2, 0) is 11.2 Å². The molecule has 0 bridgehead atoms. The number of nitrogens with zero attached hydrogens (tertiary/aromatic N) is 4. The number of pyridine rings is 1. The Kier molecular flexibility index (Phi) is 4.44. The van der Waals surface area contributed by atoms with Crippen LogP contribution in [0.1, 0.15) is 18.2 Å². The number of benzene rings is 2. The molecule has 1 amide bonds. The molecule has 0 aliphatic heterocycles. The second-order valence-corrected chi connectivity index (χ2v) is 7.21. The second-order valence-electron chi connectivity index (χ2n) is 7.21. The SMILES string of the molecule is CC(=O)Nc1cccc(-c2ccc3ncc(Cc4ccc5ncccc5c4)n3n2)c1. The van der Waals surface area contributed by atoms with E-state index >= 15 is 0 Å². The molecule has 0 atom stereocenters.